The molecule has 0 heterocycles. The average Bonchev–Trinajstić information content (AvgIpc) is 2.43. The van der Waals surface area contributed by atoms with Crippen LogP contribution in [-0.2, 0) is 6.42 Å². The second kappa shape index (κ2) is 6.63. The van der Waals surface area contributed by atoms with E-state index in [-0.39, 0.29) is 5.92 Å². The molecule has 0 unspecified atom stereocenters. The Labute approximate surface area is 112 Å². The van der Waals surface area contributed by atoms with E-state index in [1.165, 1.54) is 12.1 Å². The minimum atomic E-state index is -0.800. The van der Waals surface area contributed by atoms with Gasteiger partial charge in [0.25, 0.3) is 0 Å². The van der Waals surface area contributed by atoms with Gasteiger partial charge in [0.2, 0.25) is 0 Å². The van der Waals surface area contributed by atoms with Gasteiger partial charge in [-0.3, -0.25) is 0 Å². The fourth-order valence-electron chi connectivity index (χ4n) is 2.54. The second-order valence-electron chi connectivity index (χ2n) is 5.13. The summed E-state index contributed by atoms with van der Waals surface area (Å²) in [7, 11) is 0. The van der Waals surface area contributed by atoms with Crippen LogP contribution in [0.25, 0.3) is 0 Å². The molecule has 1 saturated carbocycles. The molecule has 1 aromatic carbocycles. The van der Waals surface area contributed by atoms with Crippen LogP contribution in [0.2, 0.25) is 0 Å². The summed E-state index contributed by atoms with van der Waals surface area (Å²) in [4.78, 5) is 0. The molecule has 0 amide bonds. The van der Waals surface area contributed by atoms with Gasteiger partial charge < -0.3 is 5.32 Å². The van der Waals surface area contributed by atoms with Crippen LogP contribution in [0.15, 0.2) is 18.2 Å². The SMILES string of the molecule is N#CC1CCC(NCCc2ccc(F)c(F)c2)CC1. The van der Waals surface area contributed by atoms with Crippen molar-refractivity contribution in [1.82, 2.24) is 5.32 Å². The average molecular weight is 264 g/mol. The largest absolute Gasteiger partial charge is 0.314 e. The number of halogens is 2. The van der Waals surface area contributed by atoms with Gasteiger partial charge in [-0.05, 0) is 56.3 Å². The van der Waals surface area contributed by atoms with Crippen LogP contribution in [0.3, 0.4) is 0 Å². The Morgan fingerprint density at radius 2 is 1.89 bits per heavy atom. The van der Waals surface area contributed by atoms with E-state index >= 15 is 0 Å². The number of nitriles is 1. The van der Waals surface area contributed by atoms with Gasteiger partial charge in [-0.15, -0.1) is 0 Å². The molecule has 0 aromatic heterocycles. The quantitative estimate of drug-likeness (QED) is 0.906. The molecule has 0 atom stereocenters. The maximum absolute atomic E-state index is 13.0. The normalized spacial score (nSPS) is 23.0. The molecule has 1 N–H and O–H groups in total. The smallest absolute Gasteiger partial charge is 0.159 e. The summed E-state index contributed by atoms with van der Waals surface area (Å²) in [5, 5.41) is 12.2. The Kier molecular flexibility index (Phi) is 4.86. The zero-order valence-corrected chi connectivity index (χ0v) is 10.8. The molecule has 0 spiro atoms. The van der Waals surface area contributed by atoms with Crippen LogP contribution >= 0.6 is 0 Å². The Morgan fingerprint density at radius 1 is 1.16 bits per heavy atom. The topological polar surface area (TPSA) is 35.8 Å². The number of nitrogens with zero attached hydrogens (tertiary/aromatic N) is 1. The first-order valence-corrected chi connectivity index (χ1v) is 6.76. The third-order valence-electron chi connectivity index (χ3n) is 3.74. The van der Waals surface area contributed by atoms with E-state index < -0.39 is 11.6 Å². The zero-order chi connectivity index (χ0) is 13.7. The summed E-state index contributed by atoms with van der Waals surface area (Å²) in [6.45, 7) is 0.757. The highest BCUT2D eigenvalue weighted by atomic mass is 19.2. The van der Waals surface area contributed by atoms with Gasteiger partial charge in [0.1, 0.15) is 0 Å². The maximum Gasteiger partial charge on any atom is 0.159 e. The molecule has 19 heavy (non-hydrogen) atoms. The maximum atomic E-state index is 13.0. The van der Waals surface area contributed by atoms with Gasteiger partial charge >= 0.3 is 0 Å². The van der Waals surface area contributed by atoms with E-state index in [0.29, 0.717) is 12.5 Å². The highest BCUT2D eigenvalue weighted by molar-refractivity contribution is 5.18. The van der Waals surface area contributed by atoms with Crippen LogP contribution in [0.1, 0.15) is 31.2 Å². The van der Waals surface area contributed by atoms with Crippen molar-refractivity contribution < 1.29 is 8.78 Å². The standard InChI is InChI=1S/C15H18F2N2/c16-14-6-3-11(9-15(14)17)7-8-19-13-4-1-12(10-18)2-5-13/h3,6,9,12-13,19H,1-2,4-5,7-8H2. The van der Waals surface area contributed by atoms with E-state index in [4.69, 9.17) is 5.26 Å². The first kappa shape index (κ1) is 14.0. The molecule has 0 saturated heterocycles. The fraction of sp³-hybridized carbons (Fsp3) is 0.533. The van der Waals surface area contributed by atoms with Gasteiger partial charge in [0.05, 0.1) is 6.07 Å². The van der Waals surface area contributed by atoms with Gasteiger partial charge in [0.15, 0.2) is 11.6 Å². The van der Waals surface area contributed by atoms with E-state index in [2.05, 4.69) is 11.4 Å². The Morgan fingerprint density at radius 3 is 2.53 bits per heavy atom. The van der Waals surface area contributed by atoms with Gasteiger partial charge in [0, 0.05) is 12.0 Å². The van der Waals surface area contributed by atoms with Gasteiger partial charge in [-0.2, -0.15) is 5.26 Å². The van der Waals surface area contributed by atoms with Crippen LogP contribution in [-0.4, -0.2) is 12.6 Å². The Bertz CT molecular complexity index is 460. The van der Waals surface area contributed by atoms with Crippen LogP contribution in [0, 0.1) is 28.9 Å². The predicted molar refractivity (Wildman–Crippen MR) is 69.4 cm³/mol. The molecular formula is C15H18F2N2. The molecule has 1 aromatic rings. The minimum absolute atomic E-state index is 0.212. The summed E-state index contributed by atoms with van der Waals surface area (Å²) in [5.74, 6) is -1.37. The molecule has 2 rings (SSSR count). The number of rotatable bonds is 4. The second-order valence-corrected chi connectivity index (χ2v) is 5.13. The van der Waals surface area contributed by atoms with Crippen molar-refractivity contribution in [3.05, 3.63) is 35.4 Å². The first-order valence-electron chi connectivity index (χ1n) is 6.76. The summed E-state index contributed by atoms with van der Waals surface area (Å²) < 4.78 is 25.8. The van der Waals surface area contributed by atoms with Gasteiger partial charge in [-0.25, -0.2) is 8.78 Å². The molecule has 1 aliphatic carbocycles. The molecule has 1 fully saturated rings. The molecule has 2 nitrogen and oxygen atoms in total. The van der Waals surface area contributed by atoms with Crippen LogP contribution < -0.4 is 5.32 Å². The molecule has 0 bridgehead atoms. The lowest BCUT2D eigenvalue weighted by Crippen LogP contribution is -2.34. The number of benzene rings is 1. The van der Waals surface area contributed by atoms with Crippen molar-refractivity contribution in [2.24, 2.45) is 5.92 Å². The fourth-order valence-corrected chi connectivity index (χ4v) is 2.54. The molecule has 1 aliphatic rings. The van der Waals surface area contributed by atoms with Crippen LogP contribution in [0.4, 0.5) is 8.78 Å². The van der Waals surface area contributed by atoms with E-state index in [0.717, 1.165) is 37.8 Å². The number of nitrogens with one attached hydrogen (secondary N) is 1. The third kappa shape index (κ3) is 4.00. The molecule has 0 aliphatic heterocycles. The van der Waals surface area contributed by atoms with Crippen molar-refractivity contribution in [3.8, 4) is 6.07 Å². The number of hydrogen-bond donors (Lipinski definition) is 1. The highest BCUT2D eigenvalue weighted by Crippen LogP contribution is 2.23. The number of hydrogen-bond acceptors (Lipinski definition) is 2. The van der Waals surface area contributed by atoms with E-state index in [9.17, 15) is 8.78 Å². The molecular weight excluding hydrogens is 246 g/mol. The predicted octanol–water partition coefficient (Wildman–Crippen LogP) is 3.18. The summed E-state index contributed by atoms with van der Waals surface area (Å²) in [5.41, 5.74) is 0.803. The minimum Gasteiger partial charge on any atom is -0.314 e. The molecule has 4 heteroatoms. The van der Waals surface area contributed by atoms with Crippen molar-refractivity contribution in [1.29, 1.82) is 5.26 Å². The van der Waals surface area contributed by atoms with Crippen molar-refractivity contribution in [2.45, 2.75) is 38.1 Å². The van der Waals surface area contributed by atoms with Crippen LogP contribution in [0.5, 0.6) is 0 Å². The van der Waals surface area contributed by atoms with E-state index in [1.54, 1.807) is 6.07 Å². The summed E-state index contributed by atoms with van der Waals surface area (Å²) in [6, 6.07) is 6.81. The van der Waals surface area contributed by atoms with Crippen molar-refractivity contribution in [3.63, 3.8) is 0 Å². The zero-order valence-electron chi connectivity index (χ0n) is 10.8. The molecule has 0 radical (unpaired) electrons. The lowest BCUT2D eigenvalue weighted by atomic mass is 9.87. The van der Waals surface area contributed by atoms with Crippen molar-refractivity contribution >= 4 is 0 Å². The summed E-state index contributed by atoms with van der Waals surface area (Å²) >= 11 is 0. The first-order chi connectivity index (χ1) is 9.19. The van der Waals surface area contributed by atoms with Gasteiger partial charge in [-0.1, -0.05) is 6.07 Å². The Hall–Kier alpha value is -1.47. The van der Waals surface area contributed by atoms with Crippen molar-refractivity contribution in [2.75, 3.05) is 6.54 Å². The van der Waals surface area contributed by atoms with E-state index in [1.807, 2.05) is 0 Å². The lowest BCUT2D eigenvalue weighted by molar-refractivity contribution is 0.334. The monoisotopic (exact) mass is 264 g/mol. The lowest BCUT2D eigenvalue weighted by Gasteiger charge is -2.25. The molecule has 102 valence electrons. The highest BCUT2D eigenvalue weighted by Gasteiger charge is 2.19. The Balaban J connectivity index is 1.72. The summed E-state index contributed by atoms with van der Waals surface area (Å²) in [6.07, 6.45) is 4.65. The third-order valence-corrected chi connectivity index (χ3v) is 3.74.